The Bertz CT molecular complexity index is 948. The number of carbonyl (C=O) groups excluding carboxylic acids is 1. The molecule has 0 fully saturated rings. The number of carbonyl (C=O) groups is 1. The van der Waals surface area contributed by atoms with Gasteiger partial charge in [-0.2, -0.15) is 5.10 Å². The lowest BCUT2D eigenvalue weighted by Gasteiger charge is -2.15. The summed E-state index contributed by atoms with van der Waals surface area (Å²) >= 11 is 0. The van der Waals surface area contributed by atoms with E-state index in [4.69, 9.17) is 4.74 Å². The molecule has 8 heteroatoms. The van der Waals surface area contributed by atoms with Crippen LogP contribution < -0.4 is 15.6 Å². The average Bonchev–Trinajstić information content (AvgIpc) is 3.23. The van der Waals surface area contributed by atoms with E-state index >= 15 is 0 Å². The maximum absolute atomic E-state index is 12.4. The normalized spacial score (nSPS) is 11.8. The second-order valence-electron chi connectivity index (χ2n) is 5.99. The van der Waals surface area contributed by atoms with Crippen molar-refractivity contribution in [1.82, 2.24) is 24.9 Å². The summed E-state index contributed by atoms with van der Waals surface area (Å²) in [5, 5.41) is 11.2. The number of methoxy groups -OCH3 is 1. The predicted molar refractivity (Wildman–Crippen MR) is 100 cm³/mol. The summed E-state index contributed by atoms with van der Waals surface area (Å²) in [6.45, 7) is 2.10. The third-order valence-corrected chi connectivity index (χ3v) is 4.17. The van der Waals surface area contributed by atoms with Gasteiger partial charge in [-0.3, -0.25) is 9.59 Å². The molecule has 8 nitrogen and oxygen atoms in total. The van der Waals surface area contributed by atoms with E-state index in [1.165, 1.54) is 15.4 Å². The molecular formula is C19H21N5O3. The molecule has 0 aliphatic heterocycles. The van der Waals surface area contributed by atoms with Crippen LogP contribution in [0, 0.1) is 0 Å². The maximum atomic E-state index is 12.4. The lowest BCUT2D eigenvalue weighted by Crippen LogP contribution is -2.38. The fourth-order valence-electron chi connectivity index (χ4n) is 2.60. The predicted octanol–water partition coefficient (Wildman–Crippen LogP) is 1.36. The molecule has 0 spiro atoms. The Balaban J connectivity index is 1.63. The van der Waals surface area contributed by atoms with Gasteiger partial charge in [-0.1, -0.05) is 12.1 Å². The molecule has 140 valence electrons. The van der Waals surface area contributed by atoms with Crippen LogP contribution in [0.4, 0.5) is 0 Å². The number of nitrogens with one attached hydrogen (secondary N) is 1. The zero-order chi connectivity index (χ0) is 19.2. The minimum Gasteiger partial charge on any atom is -0.497 e. The van der Waals surface area contributed by atoms with E-state index < -0.39 is 6.04 Å². The monoisotopic (exact) mass is 367 g/mol. The van der Waals surface area contributed by atoms with Crippen molar-refractivity contribution >= 4 is 5.91 Å². The van der Waals surface area contributed by atoms with E-state index in [1.54, 1.807) is 38.6 Å². The zero-order valence-corrected chi connectivity index (χ0v) is 15.2. The summed E-state index contributed by atoms with van der Waals surface area (Å²) in [7, 11) is 1.62. The summed E-state index contributed by atoms with van der Waals surface area (Å²) in [6.07, 6.45) is 4.02. The molecular weight excluding hydrogens is 346 g/mol. The Morgan fingerprint density at radius 1 is 1.22 bits per heavy atom. The Labute approximate surface area is 156 Å². The topological polar surface area (TPSA) is 91.0 Å². The van der Waals surface area contributed by atoms with Crippen molar-refractivity contribution < 1.29 is 9.53 Å². The molecule has 0 radical (unpaired) electrons. The number of ether oxygens (including phenoxy) is 1. The van der Waals surface area contributed by atoms with Gasteiger partial charge in [0.1, 0.15) is 11.8 Å². The fourth-order valence-corrected chi connectivity index (χ4v) is 2.60. The van der Waals surface area contributed by atoms with Gasteiger partial charge in [-0.25, -0.2) is 9.36 Å². The van der Waals surface area contributed by atoms with E-state index in [-0.39, 0.29) is 11.5 Å². The lowest BCUT2D eigenvalue weighted by molar-refractivity contribution is -0.124. The number of aromatic nitrogens is 4. The van der Waals surface area contributed by atoms with E-state index in [2.05, 4.69) is 15.5 Å². The second kappa shape index (κ2) is 8.31. The average molecular weight is 367 g/mol. The number of nitrogens with zero attached hydrogens (tertiary/aromatic N) is 4. The van der Waals surface area contributed by atoms with Gasteiger partial charge in [0, 0.05) is 25.0 Å². The highest BCUT2D eigenvalue weighted by molar-refractivity contribution is 5.79. The second-order valence-corrected chi connectivity index (χ2v) is 5.99. The Morgan fingerprint density at radius 3 is 2.67 bits per heavy atom. The molecule has 0 bridgehead atoms. The molecule has 0 saturated carbocycles. The highest BCUT2D eigenvalue weighted by Crippen LogP contribution is 2.11. The van der Waals surface area contributed by atoms with Gasteiger partial charge in [0.25, 0.3) is 5.56 Å². The molecule has 1 atom stereocenters. The van der Waals surface area contributed by atoms with Crippen LogP contribution in [-0.2, 0) is 11.2 Å². The molecule has 0 saturated heterocycles. The zero-order valence-electron chi connectivity index (χ0n) is 15.2. The van der Waals surface area contributed by atoms with Crippen LogP contribution in [0.3, 0.4) is 0 Å². The summed E-state index contributed by atoms with van der Waals surface area (Å²) in [5.41, 5.74) is 0.739. The standard InChI is InChI=1S/C19H21N5O3/c1-14(19(26)20-12-10-15-4-6-16(27-2)7-5-15)24-18(25)9-8-17(22-24)23-13-3-11-21-23/h3-9,11,13-14H,10,12H2,1-2H3,(H,20,26). The van der Waals surface area contributed by atoms with Gasteiger partial charge in [0.2, 0.25) is 5.91 Å². The Morgan fingerprint density at radius 2 is 2.00 bits per heavy atom. The van der Waals surface area contributed by atoms with Crippen LogP contribution in [0.25, 0.3) is 5.82 Å². The highest BCUT2D eigenvalue weighted by atomic mass is 16.5. The van der Waals surface area contributed by atoms with Crippen molar-refractivity contribution in [2.75, 3.05) is 13.7 Å². The van der Waals surface area contributed by atoms with Gasteiger partial charge in [0.15, 0.2) is 5.82 Å². The molecule has 2 heterocycles. The van der Waals surface area contributed by atoms with Crippen molar-refractivity contribution in [3.8, 4) is 11.6 Å². The van der Waals surface area contributed by atoms with Gasteiger partial charge < -0.3 is 10.1 Å². The van der Waals surface area contributed by atoms with Gasteiger partial charge in [-0.15, -0.1) is 5.10 Å². The van der Waals surface area contributed by atoms with Crippen LogP contribution in [0.5, 0.6) is 5.75 Å². The van der Waals surface area contributed by atoms with Gasteiger partial charge in [0.05, 0.1) is 7.11 Å². The molecule has 2 aromatic heterocycles. The Hall–Kier alpha value is -3.42. The number of amides is 1. The molecule has 0 aliphatic carbocycles. The van der Waals surface area contributed by atoms with Crippen LogP contribution >= 0.6 is 0 Å². The molecule has 1 amide bonds. The van der Waals surface area contributed by atoms with Crippen molar-refractivity contribution in [1.29, 1.82) is 0 Å². The Kier molecular flexibility index (Phi) is 5.65. The molecule has 1 N–H and O–H groups in total. The highest BCUT2D eigenvalue weighted by Gasteiger charge is 2.17. The minimum absolute atomic E-state index is 0.268. The van der Waals surface area contributed by atoms with E-state index in [0.717, 1.165) is 11.3 Å². The minimum atomic E-state index is -0.733. The number of rotatable bonds is 7. The van der Waals surface area contributed by atoms with Gasteiger partial charge in [-0.05, 0) is 43.2 Å². The smallest absolute Gasteiger partial charge is 0.267 e. The third-order valence-electron chi connectivity index (χ3n) is 4.17. The van der Waals surface area contributed by atoms with Crippen molar-refractivity contribution in [3.63, 3.8) is 0 Å². The van der Waals surface area contributed by atoms with Crippen LogP contribution in [-0.4, -0.2) is 39.1 Å². The third kappa shape index (κ3) is 4.41. The number of hydrogen-bond donors (Lipinski definition) is 1. The van der Waals surface area contributed by atoms with Crippen LogP contribution in [0.15, 0.2) is 59.7 Å². The van der Waals surface area contributed by atoms with E-state index in [9.17, 15) is 9.59 Å². The van der Waals surface area contributed by atoms with Gasteiger partial charge >= 0.3 is 0 Å². The first-order valence-corrected chi connectivity index (χ1v) is 8.59. The summed E-state index contributed by atoms with van der Waals surface area (Å²) in [4.78, 5) is 24.6. The molecule has 0 aliphatic rings. The number of benzene rings is 1. The molecule has 1 unspecified atom stereocenters. The first-order valence-electron chi connectivity index (χ1n) is 8.59. The first-order chi connectivity index (χ1) is 13.1. The molecule has 3 rings (SSSR count). The largest absolute Gasteiger partial charge is 0.497 e. The quantitative estimate of drug-likeness (QED) is 0.681. The van der Waals surface area contributed by atoms with Crippen molar-refractivity contribution in [2.45, 2.75) is 19.4 Å². The van der Waals surface area contributed by atoms with Crippen molar-refractivity contribution in [2.24, 2.45) is 0 Å². The first kappa shape index (κ1) is 18.4. The molecule has 1 aromatic carbocycles. The summed E-state index contributed by atoms with van der Waals surface area (Å²) in [6, 6.07) is 11.6. The maximum Gasteiger partial charge on any atom is 0.267 e. The summed E-state index contributed by atoms with van der Waals surface area (Å²) in [5.74, 6) is 0.993. The van der Waals surface area contributed by atoms with Crippen molar-refractivity contribution in [3.05, 3.63) is 70.8 Å². The lowest BCUT2D eigenvalue weighted by atomic mass is 10.1. The van der Waals surface area contributed by atoms with E-state index in [1.807, 2.05) is 24.3 Å². The summed E-state index contributed by atoms with van der Waals surface area (Å²) < 4.78 is 7.82. The number of hydrogen-bond acceptors (Lipinski definition) is 5. The van der Waals surface area contributed by atoms with E-state index in [0.29, 0.717) is 18.8 Å². The fraction of sp³-hybridized carbons (Fsp3) is 0.263. The SMILES string of the molecule is COc1ccc(CCNC(=O)C(C)n2nc(-n3cccn3)ccc2=O)cc1. The molecule has 3 aromatic rings. The van der Waals surface area contributed by atoms with Crippen LogP contribution in [0.1, 0.15) is 18.5 Å². The molecule has 27 heavy (non-hydrogen) atoms. The van der Waals surface area contributed by atoms with Crippen LogP contribution in [0.2, 0.25) is 0 Å².